The van der Waals surface area contributed by atoms with Crippen molar-refractivity contribution in [2.45, 2.75) is 11.4 Å². The number of aromatic nitrogens is 2. The van der Waals surface area contributed by atoms with Crippen LogP contribution in [0.25, 0.3) is 0 Å². The third-order valence-corrected chi connectivity index (χ3v) is 4.15. The van der Waals surface area contributed by atoms with Gasteiger partial charge in [-0.1, -0.05) is 0 Å². The van der Waals surface area contributed by atoms with Crippen molar-refractivity contribution in [3.63, 3.8) is 0 Å². The zero-order valence-corrected chi connectivity index (χ0v) is 11.8. The number of carbonyl (C=O) groups is 1. The van der Waals surface area contributed by atoms with Crippen molar-refractivity contribution in [1.82, 2.24) is 14.9 Å². The Morgan fingerprint density at radius 1 is 1.43 bits per heavy atom. The predicted molar refractivity (Wildman–Crippen MR) is 72.6 cm³/mol. The number of carboxylic acids is 1. The van der Waals surface area contributed by atoms with Gasteiger partial charge in [0.1, 0.15) is 10.6 Å². The van der Waals surface area contributed by atoms with Crippen LogP contribution in [0.1, 0.15) is 16.1 Å². The van der Waals surface area contributed by atoms with E-state index in [1.807, 2.05) is 0 Å². The highest BCUT2D eigenvalue weighted by Crippen LogP contribution is 2.25. The van der Waals surface area contributed by atoms with Crippen LogP contribution >= 0.6 is 0 Å². The van der Waals surface area contributed by atoms with Crippen LogP contribution in [0.4, 0.5) is 0 Å². The van der Waals surface area contributed by atoms with E-state index in [1.165, 1.54) is 25.4 Å². The van der Waals surface area contributed by atoms with Gasteiger partial charge in [-0.25, -0.2) is 17.9 Å². The summed E-state index contributed by atoms with van der Waals surface area (Å²) in [5, 5.41) is 15.2. The maximum absolute atomic E-state index is 12.2. The van der Waals surface area contributed by atoms with Crippen LogP contribution in [0.3, 0.4) is 0 Å². The van der Waals surface area contributed by atoms with Crippen LogP contribution in [0.15, 0.2) is 35.4 Å². The molecule has 21 heavy (non-hydrogen) atoms. The minimum atomic E-state index is -3.84. The van der Waals surface area contributed by atoms with Crippen molar-refractivity contribution in [2.75, 3.05) is 7.11 Å². The maximum atomic E-state index is 12.2. The smallest absolute Gasteiger partial charge is 0.335 e. The Morgan fingerprint density at radius 2 is 2.19 bits per heavy atom. The first-order valence-electron chi connectivity index (χ1n) is 5.83. The minimum absolute atomic E-state index is 0.0339. The highest BCUT2D eigenvalue weighted by Gasteiger charge is 2.21. The number of nitrogens with zero attached hydrogens (tertiary/aromatic N) is 1. The highest BCUT2D eigenvalue weighted by molar-refractivity contribution is 7.89. The molecular weight excluding hydrogens is 298 g/mol. The van der Waals surface area contributed by atoms with Crippen LogP contribution in [0.5, 0.6) is 5.75 Å². The number of methoxy groups -OCH3 is 1. The Labute approximate surface area is 120 Å². The zero-order valence-electron chi connectivity index (χ0n) is 11.0. The van der Waals surface area contributed by atoms with Gasteiger partial charge < -0.3 is 9.84 Å². The number of rotatable bonds is 6. The van der Waals surface area contributed by atoms with Gasteiger partial charge in [-0.15, -0.1) is 0 Å². The number of hydrogen-bond acceptors (Lipinski definition) is 5. The van der Waals surface area contributed by atoms with Crippen LogP contribution in [-0.4, -0.2) is 36.8 Å². The number of hydrogen-bond donors (Lipinski definition) is 3. The van der Waals surface area contributed by atoms with Crippen molar-refractivity contribution in [2.24, 2.45) is 0 Å². The fourth-order valence-electron chi connectivity index (χ4n) is 1.66. The van der Waals surface area contributed by atoms with Gasteiger partial charge in [0.25, 0.3) is 0 Å². The Hall–Kier alpha value is -2.39. The number of benzene rings is 1. The highest BCUT2D eigenvalue weighted by atomic mass is 32.2. The molecule has 3 N–H and O–H groups in total. The molecule has 0 bridgehead atoms. The monoisotopic (exact) mass is 311 g/mol. The van der Waals surface area contributed by atoms with Gasteiger partial charge in [0, 0.05) is 6.20 Å². The summed E-state index contributed by atoms with van der Waals surface area (Å²) < 4.78 is 31.8. The van der Waals surface area contributed by atoms with Gasteiger partial charge >= 0.3 is 5.97 Å². The average Bonchev–Trinajstić information content (AvgIpc) is 2.97. The molecule has 0 aliphatic heterocycles. The van der Waals surface area contributed by atoms with E-state index >= 15 is 0 Å². The van der Waals surface area contributed by atoms with E-state index in [0.717, 1.165) is 6.07 Å². The number of nitrogens with one attached hydrogen (secondary N) is 2. The second-order valence-electron chi connectivity index (χ2n) is 4.08. The summed E-state index contributed by atoms with van der Waals surface area (Å²) in [6, 6.07) is 5.19. The molecule has 0 aliphatic rings. The maximum Gasteiger partial charge on any atom is 0.335 e. The van der Waals surface area contributed by atoms with Gasteiger partial charge in [-0.3, -0.25) is 5.10 Å². The van der Waals surface area contributed by atoms with E-state index in [9.17, 15) is 13.2 Å². The molecule has 0 fully saturated rings. The first kappa shape index (κ1) is 15.0. The molecule has 1 heterocycles. The average molecular weight is 311 g/mol. The molecule has 0 spiro atoms. The summed E-state index contributed by atoms with van der Waals surface area (Å²) in [5.41, 5.74) is 0.541. The third kappa shape index (κ3) is 3.38. The van der Waals surface area contributed by atoms with Gasteiger partial charge in [0.15, 0.2) is 0 Å². The Balaban J connectivity index is 2.28. The van der Waals surface area contributed by atoms with Crippen molar-refractivity contribution < 1.29 is 23.1 Å². The molecular formula is C12H13N3O5S. The van der Waals surface area contributed by atoms with Crippen LogP contribution in [0, 0.1) is 0 Å². The number of sulfonamides is 1. The molecule has 0 saturated heterocycles. The summed E-state index contributed by atoms with van der Waals surface area (Å²) >= 11 is 0. The second-order valence-corrected chi connectivity index (χ2v) is 5.81. The standard InChI is InChI=1S/C12H13N3O5S/c1-20-10-6-8(12(16)17)2-3-11(10)21(18,19)14-7-9-4-5-13-15-9/h2-6,14H,7H2,1H3,(H,13,15)(H,16,17). The molecule has 8 nitrogen and oxygen atoms in total. The molecule has 2 rings (SSSR count). The lowest BCUT2D eigenvalue weighted by molar-refractivity contribution is 0.0696. The number of aromatic amines is 1. The van der Waals surface area contributed by atoms with Gasteiger partial charge in [0.2, 0.25) is 10.0 Å². The fraction of sp³-hybridized carbons (Fsp3) is 0.167. The third-order valence-electron chi connectivity index (χ3n) is 2.71. The minimum Gasteiger partial charge on any atom is -0.495 e. The lowest BCUT2D eigenvalue weighted by Crippen LogP contribution is -2.24. The summed E-state index contributed by atoms with van der Waals surface area (Å²) in [5.74, 6) is -1.20. The number of H-pyrrole nitrogens is 1. The second kappa shape index (κ2) is 5.94. The van der Waals surface area contributed by atoms with E-state index < -0.39 is 16.0 Å². The van der Waals surface area contributed by atoms with Crippen molar-refractivity contribution in [3.8, 4) is 5.75 Å². The summed E-state index contributed by atoms with van der Waals surface area (Å²) in [4.78, 5) is 10.7. The van der Waals surface area contributed by atoms with Crippen LogP contribution in [-0.2, 0) is 16.6 Å². The topological polar surface area (TPSA) is 121 Å². The quantitative estimate of drug-likeness (QED) is 0.718. The number of aromatic carboxylic acids is 1. The number of carboxylic acid groups (broad SMARTS) is 1. The molecule has 2 aromatic rings. The van der Waals surface area contributed by atoms with Crippen LogP contribution < -0.4 is 9.46 Å². The zero-order chi connectivity index (χ0) is 15.5. The first-order chi connectivity index (χ1) is 9.94. The van der Waals surface area contributed by atoms with Crippen LogP contribution in [0.2, 0.25) is 0 Å². The normalized spacial score (nSPS) is 11.3. The van der Waals surface area contributed by atoms with Gasteiger partial charge in [0.05, 0.1) is 24.9 Å². The number of ether oxygens (including phenoxy) is 1. The van der Waals surface area contributed by atoms with Crippen molar-refractivity contribution in [3.05, 3.63) is 41.7 Å². The summed E-state index contributed by atoms with van der Waals surface area (Å²) in [7, 11) is -2.56. The molecule has 0 aliphatic carbocycles. The summed E-state index contributed by atoms with van der Waals surface area (Å²) in [6.45, 7) is 0.0339. The van der Waals surface area contributed by atoms with Gasteiger partial charge in [-0.05, 0) is 24.3 Å². The summed E-state index contributed by atoms with van der Waals surface area (Å²) in [6.07, 6.45) is 1.51. The molecule has 1 aromatic carbocycles. The Morgan fingerprint density at radius 3 is 2.76 bits per heavy atom. The Kier molecular flexibility index (Phi) is 4.24. The molecule has 112 valence electrons. The fourth-order valence-corrected chi connectivity index (χ4v) is 2.81. The largest absolute Gasteiger partial charge is 0.495 e. The van der Waals surface area contributed by atoms with E-state index in [0.29, 0.717) is 5.69 Å². The van der Waals surface area contributed by atoms with E-state index in [4.69, 9.17) is 9.84 Å². The lowest BCUT2D eigenvalue weighted by atomic mass is 10.2. The molecule has 0 unspecified atom stereocenters. The van der Waals surface area contributed by atoms with Crippen molar-refractivity contribution in [1.29, 1.82) is 0 Å². The molecule has 0 radical (unpaired) electrons. The molecule has 0 atom stereocenters. The Bertz CT molecular complexity index is 740. The molecule has 1 aromatic heterocycles. The van der Waals surface area contributed by atoms with E-state index in [1.54, 1.807) is 6.07 Å². The predicted octanol–water partition coefficient (Wildman–Crippen LogP) is 0.595. The van der Waals surface area contributed by atoms with Crippen molar-refractivity contribution >= 4 is 16.0 Å². The van der Waals surface area contributed by atoms with E-state index in [2.05, 4.69) is 14.9 Å². The molecule has 0 saturated carbocycles. The molecule has 9 heteroatoms. The van der Waals surface area contributed by atoms with E-state index in [-0.39, 0.29) is 22.8 Å². The molecule has 0 amide bonds. The van der Waals surface area contributed by atoms with Gasteiger partial charge in [-0.2, -0.15) is 5.10 Å². The lowest BCUT2D eigenvalue weighted by Gasteiger charge is -2.11. The SMILES string of the molecule is COc1cc(C(=O)O)ccc1S(=O)(=O)NCc1ccn[nH]1. The first-order valence-corrected chi connectivity index (χ1v) is 7.31.